The first kappa shape index (κ1) is 15.7. The Balaban J connectivity index is 2.03. The lowest BCUT2D eigenvalue weighted by molar-refractivity contribution is -0.255. The monoisotopic (exact) mass is 390 g/mol. The lowest BCUT2D eigenvalue weighted by Crippen LogP contribution is -2.22. The molecule has 3 nitrogen and oxygen atoms in total. The number of hydrogen-bond donors (Lipinski definition) is 0. The molecule has 0 atom stereocenters. The van der Waals surface area contributed by atoms with Crippen molar-refractivity contribution in [3.05, 3.63) is 89.0 Å². The van der Waals surface area contributed by atoms with Gasteiger partial charge in [0.15, 0.2) is 0 Å². The van der Waals surface area contributed by atoms with Crippen molar-refractivity contribution in [2.24, 2.45) is 0 Å². The summed E-state index contributed by atoms with van der Waals surface area (Å²) in [5, 5.41) is 11.2. The van der Waals surface area contributed by atoms with Gasteiger partial charge in [-0.15, -0.1) is 0 Å². The SMILES string of the molecule is O=C([O-])c1ccn2c(-c3ccccc3)c(-c3ccc(Br)cc3)cc2c1. The van der Waals surface area contributed by atoms with Gasteiger partial charge in [-0.3, -0.25) is 0 Å². The Bertz CT molecular complexity index is 1070. The molecule has 4 aromatic rings. The summed E-state index contributed by atoms with van der Waals surface area (Å²) >= 11 is 3.46. The van der Waals surface area contributed by atoms with Crippen LogP contribution in [0.5, 0.6) is 0 Å². The van der Waals surface area contributed by atoms with Crippen LogP contribution in [0.1, 0.15) is 10.4 Å². The smallest absolute Gasteiger partial charge is 0.0716 e. The van der Waals surface area contributed by atoms with Gasteiger partial charge in [0, 0.05) is 27.3 Å². The van der Waals surface area contributed by atoms with E-state index in [9.17, 15) is 9.90 Å². The fourth-order valence-corrected chi connectivity index (χ4v) is 3.31. The minimum absolute atomic E-state index is 0.173. The van der Waals surface area contributed by atoms with E-state index < -0.39 is 5.97 Å². The first-order valence-electron chi connectivity index (χ1n) is 7.81. The van der Waals surface area contributed by atoms with Crippen LogP contribution in [0.15, 0.2) is 83.5 Å². The molecule has 0 aliphatic heterocycles. The number of carbonyl (C=O) groups excluding carboxylic acids is 1. The fraction of sp³-hybridized carbons (Fsp3) is 0. The number of fused-ring (bicyclic) bond motifs is 1. The number of aromatic nitrogens is 1. The summed E-state index contributed by atoms with van der Waals surface area (Å²) in [6, 6.07) is 23.4. The number of rotatable bonds is 3. The molecule has 25 heavy (non-hydrogen) atoms. The molecule has 0 aliphatic rings. The molecule has 2 aromatic carbocycles. The number of nitrogens with zero attached hydrogens (tertiary/aromatic N) is 1. The van der Waals surface area contributed by atoms with Gasteiger partial charge < -0.3 is 14.3 Å². The van der Waals surface area contributed by atoms with Gasteiger partial charge in [0.05, 0.1) is 11.7 Å². The molecule has 2 heterocycles. The Morgan fingerprint density at radius 2 is 1.60 bits per heavy atom. The summed E-state index contributed by atoms with van der Waals surface area (Å²) in [5.41, 5.74) is 5.21. The lowest BCUT2D eigenvalue weighted by Gasteiger charge is -2.09. The zero-order valence-corrected chi connectivity index (χ0v) is 14.7. The quantitative estimate of drug-likeness (QED) is 0.520. The second-order valence-electron chi connectivity index (χ2n) is 5.78. The topological polar surface area (TPSA) is 44.5 Å². The Hall–Kier alpha value is -2.85. The summed E-state index contributed by atoms with van der Waals surface area (Å²) in [5.74, 6) is -1.17. The van der Waals surface area contributed by atoms with E-state index in [1.54, 1.807) is 18.3 Å². The van der Waals surface area contributed by atoms with Crippen LogP contribution in [0.3, 0.4) is 0 Å². The van der Waals surface area contributed by atoms with Crippen molar-refractivity contribution in [3.8, 4) is 22.4 Å². The average Bonchev–Trinajstić information content (AvgIpc) is 3.01. The molecule has 0 spiro atoms. The third kappa shape index (κ3) is 2.85. The van der Waals surface area contributed by atoms with Crippen LogP contribution in [-0.4, -0.2) is 10.4 Å². The zero-order valence-electron chi connectivity index (χ0n) is 13.1. The Morgan fingerprint density at radius 1 is 0.880 bits per heavy atom. The van der Waals surface area contributed by atoms with Crippen LogP contribution in [-0.2, 0) is 0 Å². The molecule has 0 saturated heterocycles. The van der Waals surface area contributed by atoms with E-state index >= 15 is 0 Å². The van der Waals surface area contributed by atoms with Crippen molar-refractivity contribution in [3.63, 3.8) is 0 Å². The highest BCUT2D eigenvalue weighted by Crippen LogP contribution is 2.35. The molecular formula is C21H13BrNO2-. The molecule has 4 rings (SSSR count). The second kappa shape index (κ2) is 6.22. The largest absolute Gasteiger partial charge is 0.545 e. The van der Waals surface area contributed by atoms with E-state index in [2.05, 4.69) is 28.1 Å². The molecule has 0 aliphatic carbocycles. The van der Waals surface area contributed by atoms with Crippen LogP contribution in [0.25, 0.3) is 27.9 Å². The average molecular weight is 391 g/mol. The van der Waals surface area contributed by atoms with Gasteiger partial charge in [0.2, 0.25) is 0 Å². The van der Waals surface area contributed by atoms with E-state index in [1.165, 1.54) is 0 Å². The molecule has 2 aromatic heterocycles. The van der Waals surface area contributed by atoms with Gasteiger partial charge in [-0.05, 0) is 41.5 Å². The van der Waals surface area contributed by atoms with Crippen LogP contribution in [0, 0.1) is 0 Å². The highest BCUT2D eigenvalue weighted by Gasteiger charge is 2.14. The summed E-state index contributed by atoms with van der Waals surface area (Å²) in [6.07, 6.45) is 1.78. The summed E-state index contributed by atoms with van der Waals surface area (Å²) in [4.78, 5) is 11.2. The molecule has 0 amide bonds. The molecule has 0 fully saturated rings. The summed E-state index contributed by atoms with van der Waals surface area (Å²) < 4.78 is 3.03. The predicted molar refractivity (Wildman–Crippen MR) is 100 cm³/mol. The van der Waals surface area contributed by atoms with Crippen molar-refractivity contribution >= 4 is 27.4 Å². The van der Waals surface area contributed by atoms with Crippen LogP contribution < -0.4 is 5.11 Å². The van der Waals surface area contributed by atoms with E-state index in [0.29, 0.717) is 0 Å². The van der Waals surface area contributed by atoms with Crippen molar-refractivity contribution in [2.75, 3.05) is 0 Å². The number of carbonyl (C=O) groups is 1. The predicted octanol–water partition coefficient (Wildman–Crippen LogP) is 4.40. The first-order valence-corrected chi connectivity index (χ1v) is 8.60. The molecule has 4 heteroatoms. The van der Waals surface area contributed by atoms with Gasteiger partial charge in [-0.1, -0.05) is 58.4 Å². The standard InChI is InChI=1S/C21H14BrNO2/c22-17-8-6-14(7-9-17)19-13-18-12-16(21(24)25)10-11-23(18)20(19)15-4-2-1-3-5-15/h1-13H,(H,24,25)/p-1. The lowest BCUT2D eigenvalue weighted by atomic mass is 10.0. The Morgan fingerprint density at radius 3 is 2.28 bits per heavy atom. The molecule has 0 unspecified atom stereocenters. The van der Waals surface area contributed by atoms with E-state index in [0.717, 1.165) is 32.4 Å². The Kier molecular flexibility index (Phi) is 3.90. The van der Waals surface area contributed by atoms with Crippen molar-refractivity contribution in [2.45, 2.75) is 0 Å². The second-order valence-corrected chi connectivity index (χ2v) is 6.69. The van der Waals surface area contributed by atoms with Gasteiger partial charge >= 0.3 is 0 Å². The maximum atomic E-state index is 11.2. The maximum absolute atomic E-state index is 11.2. The minimum atomic E-state index is -1.17. The van der Waals surface area contributed by atoms with Gasteiger partial charge in [0.1, 0.15) is 0 Å². The number of halogens is 1. The van der Waals surface area contributed by atoms with Crippen LogP contribution >= 0.6 is 15.9 Å². The maximum Gasteiger partial charge on any atom is 0.0716 e. The van der Waals surface area contributed by atoms with Crippen molar-refractivity contribution in [1.82, 2.24) is 4.40 Å². The number of carboxylic acid groups (broad SMARTS) is 1. The van der Waals surface area contributed by atoms with E-state index in [4.69, 9.17) is 0 Å². The molecule has 0 radical (unpaired) electrons. The number of benzene rings is 2. The van der Waals surface area contributed by atoms with Crippen molar-refractivity contribution in [1.29, 1.82) is 0 Å². The zero-order chi connectivity index (χ0) is 17.4. The number of carboxylic acids is 1. The Labute approximate surface area is 153 Å². The number of aromatic carboxylic acids is 1. The molecule has 0 bridgehead atoms. The van der Waals surface area contributed by atoms with Crippen LogP contribution in [0.2, 0.25) is 0 Å². The minimum Gasteiger partial charge on any atom is -0.545 e. The van der Waals surface area contributed by atoms with Gasteiger partial charge in [-0.2, -0.15) is 0 Å². The molecule has 122 valence electrons. The highest BCUT2D eigenvalue weighted by molar-refractivity contribution is 9.10. The van der Waals surface area contributed by atoms with E-state index in [1.807, 2.05) is 52.9 Å². The first-order chi connectivity index (χ1) is 12.1. The third-order valence-electron chi connectivity index (χ3n) is 4.21. The molecule has 0 saturated carbocycles. The number of pyridine rings is 1. The summed E-state index contributed by atoms with van der Waals surface area (Å²) in [7, 11) is 0. The van der Waals surface area contributed by atoms with Gasteiger partial charge in [-0.25, -0.2) is 0 Å². The molecular weight excluding hydrogens is 378 g/mol. The highest BCUT2D eigenvalue weighted by atomic mass is 79.9. The van der Waals surface area contributed by atoms with Crippen LogP contribution in [0.4, 0.5) is 0 Å². The normalized spacial score (nSPS) is 10.9. The van der Waals surface area contributed by atoms with Crippen molar-refractivity contribution < 1.29 is 9.90 Å². The third-order valence-corrected chi connectivity index (χ3v) is 4.74. The van der Waals surface area contributed by atoms with Gasteiger partial charge in [0.25, 0.3) is 0 Å². The summed E-state index contributed by atoms with van der Waals surface area (Å²) in [6.45, 7) is 0. The number of hydrogen-bond acceptors (Lipinski definition) is 2. The molecule has 0 N–H and O–H groups in total. The fourth-order valence-electron chi connectivity index (χ4n) is 3.05. The van der Waals surface area contributed by atoms with E-state index in [-0.39, 0.29) is 5.56 Å².